The number of rotatable bonds is 6. The summed E-state index contributed by atoms with van der Waals surface area (Å²) in [6.07, 6.45) is 3.16. The molecule has 0 unspecified atom stereocenters. The summed E-state index contributed by atoms with van der Waals surface area (Å²) in [7, 11) is 0. The smallest absolute Gasteiger partial charge is 0.262 e. The molecule has 0 amide bonds. The normalized spacial score (nSPS) is 15.7. The fourth-order valence-electron chi connectivity index (χ4n) is 3.72. The third-order valence-corrected chi connectivity index (χ3v) is 5.64. The second-order valence-electron chi connectivity index (χ2n) is 7.12. The first-order valence-corrected chi connectivity index (χ1v) is 10.1. The predicted octanol–water partition coefficient (Wildman–Crippen LogP) is 1.24. The van der Waals surface area contributed by atoms with Gasteiger partial charge in [-0.15, -0.1) is 5.10 Å². The third kappa shape index (κ3) is 3.44. The van der Waals surface area contributed by atoms with E-state index in [1.165, 1.54) is 4.90 Å². The molecule has 1 aliphatic heterocycles. The molecule has 3 aromatic rings. The van der Waals surface area contributed by atoms with Crippen molar-refractivity contribution in [1.29, 1.82) is 0 Å². The lowest BCUT2D eigenvalue weighted by Gasteiger charge is -2.23. The second kappa shape index (κ2) is 7.92. The first-order valence-electron chi connectivity index (χ1n) is 9.73. The molecule has 2 aromatic heterocycles. The highest BCUT2D eigenvalue weighted by molar-refractivity contribution is 7.71. The first kappa shape index (κ1) is 18.3. The van der Waals surface area contributed by atoms with Gasteiger partial charge in [-0.2, -0.15) is 4.68 Å². The zero-order valence-electron chi connectivity index (χ0n) is 15.7. The van der Waals surface area contributed by atoms with Crippen LogP contribution in [0.4, 0.5) is 0 Å². The quantitative estimate of drug-likeness (QED) is 0.510. The number of ether oxygens (including phenoxy) is 1. The minimum absolute atomic E-state index is 0.0140. The van der Waals surface area contributed by atoms with Gasteiger partial charge in [0.1, 0.15) is 13.1 Å². The summed E-state index contributed by atoms with van der Waals surface area (Å²) in [6.45, 7) is 6.94. The lowest BCUT2D eigenvalue weighted by atomic mass is 10.2. The number of aromatic nitrogens is 4. The van der Waals surface area contributed by atoms with Crippen LogP contribution in [0.25, 0.3) is 16.7 Å². The number of aryl methyl sites for hydroxylation is 1. The molecule has 1 N–H and O–H groups in total. The molecule has 1 aliphatic rings. The molecule has 27 heavy (non-hydrogen) atoms. The zero-order valence-corrected chi connectivity index (χ0v) is 16.5. The number of para-hydroxylation sites is 1. The molecule has 4 rings (SSSR count). The average Bonchev–Trinajstić information content (AvgIpc) is 3.01. The van der Waals surface area contributed by atoms with Crippen molar-refractivity contribution < 1.29 is 9.64 Å². The topological polar surface area (TPSA) is 57.9 Å². The molecule has 0 bridgehead atoms. The lowest BCUT2D eigenvalue weighted by Crippen LogP contribution is -3.13. The van der Waals surface area contributed by atoms with Crippen LogP contribution >= 0.6 is 12.2 Å². The van der Waals surface area contributed by atoms with Crippen LogP contribution in [0.1, 0.15) is 26.2 Å². The largest absolute Gasteiger partial charge is 0.370 e. The monoisotopic (exact) mass is 388 g/mol. The van der Waals surface area contributed by atoms with Crippen molar-refractivity contribution in [1.82, 2.24) is 18.7 Å². The van der Waals surface area contributed by atoms with Gasteiger partial charge >= 0.3 is 0 Å². The van der Waals surface area contributed by atoms with Crippen LogP contribution in [0, 0.1) is 4.77 Å². The molecule has 0 atom stereocenters. The zero-order chi connectivity index (χ0) is 18.8. The van der Waals surface area contributed by atoms with Crippen molar-refractivity contribution in [2.75, 3.05) is 26.3 Å². The predicted molar refractivity (Wildman–Crippen MR) is 107 cm³/mol. The highest BCUT2D eigenvalue weighted by Gasteiger charge is 2.19. The summed E-state index contributed by atoms with van der Waals surface area (Å²) in [5.74, 6) is 0.646. The van der Waals surface area contributed by atoms with Gasteiger partial charge in [0, 0.05) is 6.54 Å². The van der Waals surface area contributed by atoms with E-state index in [-0.39, 0.29) is 5.56 Å². The van der Waals surface area contributed by atoms with Gasteiger partial charge in [0.25, 0.3) is 5.56 Å². The van der Waals surface area contributed by atoms with E-state index in [1.807, 2.05) is 33.3 Å². The number of hydrogen-bond donors (Lipinski definition) is 1. The molecule has 0 spiro atoms. The molecule has 3 heterocycles. The summed E-state index contributed by atoms with van der Waals surface area (Å²) in [5, 5.41) is 5.46. The maximum absolute atomic E-state index is 13.1. The third-order valence-electron chi connectivity index (χ3n) is 5.24. The minimum atomic E-state index is 0.0140. The van der Waals surface area contributed by atoms with Crippen molar-refractivity contribution in [3.63, 3.8) is 0 Å². The molecule has 0 saturated carbocycles. The fraction of sp³-hybridized carbons (Fsp3) is 0.526. The minimum Gasteiger partial charge on any atom is -0.370 e. The maximum atomic E-state index is 13.1. The Morgan fingerprint density at radius 2 is 2.00 bits per heavy atom. The summed E-state index contributed by atoms with van der Waals surface area (Å²) in [6, 6.07) is 7.66. The number of fused-ring (bicyclic) bond motifs is 3. The fourth-order valence-corrected chi connectivity index (χ4v) is 4.01. The summed E-state index contributed by atoms with van der Waals surface area (Å²) < 4.78 is 11.7. The van der Waals surface area contributed by atoms with Crippen molar-refractivity contribution >= 4 is 28.9 Å². The van der Waals surface area contributed by atoms with Crippen LogP contribution in [0.5, 0.6) is 0 Å². The van der Waals surface area contributed by atoms with Crippen LogP contribution in [-0.2, 0) is 18.0 Å². The van der Waals surface area contributed by atoms with Crippen LogP contribution in [0.2, 0.25) is 0 Å². The van der Waals surface area contributed by atoms with Gasteiger partial charge in [0.05, 0.1) is 24.1 Å². The van der Waals surface area contributed by atoms with Crippen LogP contribution in [0.15, 0.2) is 29.1 Å². The van der Waals surface area contributed by atoms with E-state index in [1.54, 1.807) is 4.57 Å². The number of benzene rings is 1. The first-order chi connectivity index (χ1) is 13.2. The van der Waals surface area contributed by atoms with Crippen molar-refractivity contribution in [2.24, 2.45) is 0 Å². The molecule has 1 saturated heterocycles. The second-order valence-corrected chi connectivity index (χ2v) is 7.48. The number of unbranched alkanes of at least 4 members (excludes halogenated alkanes) is 2. The van der Waals surface area contributed by atoms with E-state index in [9.17, 15) is 4.79 Å². The molecule has 1 aromatic carbocycles. The van der Waals surface area contributed by atoms with E-state index >= 15 is 0 Å². The Bertz CT molecular complexity index is 1060. The summed E-state index contributed by atoms with van der Waals surface area (Å²) in [5.41, 5.74) is 0.845. The van der Waals surface area contributed by atoms with Crippen LogP contribution in [-0.4, -0.2) is 45.1 Å². The summed E-state index contributed by atoms with van der Waals surface area (Å²) >= 11 is 5.76. The Morgan fingerprint density at radius 3 is 2.78 bits per heavy atom. The average molecular weight is 389 g/mol. The highest BCUT2D eigenvalue weighted by atomic mass is 32.1. The number of quaternary nitrogens is 1. The van der Waals surface area contributed by atoms with Gasteiger partial charge in [-0.1, -0.05) is 31.9 Å². The molecule has 0 radical (unpaired) electrons. The number of hydrogen-bond acceptors (Lipinski definition) is 4. The molecule has 7 nitrogen and oxygen atoms in total. The Labute approximate surface area is 162 Å². The molecule has 144 valence electrons. The van der Waals surface area contributed by atoms with E-state index < -0.39 is 0 Å². The number of nitrogens with one attached hydrogen (secondary N) is 1. The van der Waals surface area contributed by atoms with E-state index in [2.05, 4.69) is 6.92 Å². The SMILES string of the molecule is CCCCCn1c(=O)c2ccccc2n2c(=S)n(C[NH+]3CCOCC3)nc12. The molecular weight excluding hydrogens is 362 g/mol. The Kier molecular flexibility index (Phi) is 5.38. The van der Waals surface area contributed by atoms with Crippen molar-refractivity contribution in [2.45, 2.75) is 39.4 Å². The lowest BCUT2D eigenvalue weighted by molar-refractivity contribution is -0.930. The molecule has 8 heteroatoms. The van der Waals surface area contributed by atoms with Crippen molar-refractivity contribution in [3.05, 3.63) is 39.4 Å². The Balaban J connectivity index is 1.87. The Hall–Kier alpha value is -2.03. The maximum Gasteiger partial charge on any atom is 0.262 e. The molecule has 1 fully saturated rings. The van der Waals surface area contributed by atoms with Gasteiger partial charge in [0.2, 0.25) is 10.5 Å². The van der Waals surface area contributed by atoms with E-state index in [4.69, 9.17) is 22.1 Å². The van der Waals surface area contributed by atoms with Gasteiger partial charge < -0.3 is 9.64 Å². The number of nitrogens with zero attached hydrogens (tertiary/aromatic N) is 4. The van der Waals surface area contributed by atoms with E-state index in [0.717, 1.165) is 51.1 Å². The van der Waals surface area contributed by atoms with Gasteiger partial charge in [-0.3, -0.25) is 13.8 Å². The molecular formula is C19H26N5O2S+. The van der Waals surface area contributed by atoms with Gasteiger partial charge in [0.15, 0.2) is 6.67 Å². The summed E-state index contributed by atoms with van der Waals surface area (Å²) in [4.78, 5) is 14.5. The van der Waals surface area contributed by atoms with Crippen molar-refractivity contribution in [3.8, 4) is 0 Å². The van der Waals surface area contributed by atoms with Crippen LogP contribution in [0.3, 0.4) is 0 Å². The Morgan fingerprint density at radius 1 is 1.22 bits per heavy atom. The van der Waals surface area contributed by atoms with Gasteiger partial charge in [-0.25, -0.2) is 0 Å². The highest BCUT2D eigenvalue weighted by Crippen LogP contribution is 2.14. The number of morpholine rings is 1. The van der Waals surface area contributed by atoms with E-state index in [0.29, 0.717) is 29.1 Å². The molecule has 0 aliphatic carbocycles. The standard InChI is InChI=1S/C19H25N5O2S/c1-2-3-6-9-22-17(25)15-7-4-5-8-16(15)24-18(22)20-23(19(24)27)14-21-10-12-26-13-11-21/h4-5,7-8H,2-3,6,9-14H2,1H3/p+1. The van der Waals surface area contributed by atoms with Gasteiger partial charge in [-0.05, 0) is 30.8 Å². The van der Waals surface area contributed by atoms with Crippen LogP contribution < -0.4 is 10.5 Å².